The van der Waals surface area contributed by atoms with E-state index in [4.69, 9.17) is 9.73 Å². The second kappa shape index (κ2) is 10.3. The number of rotatable bonds is 4. The van der Waals surface area contributed by atoms with E-state index in [2.05, 4.69) is 0 Å². The number of hydrogen-bond donors (Lipinski definition) is 0. The third kappa shape index (κ3) is 4.63. The molecule has 3 atom stereocenters. The molecule has 0 spiro atoms. The van der Waals surface area contributed by atoms with E-state index in [1.54, 1.807) is 36.3 Å². The zero-order valence-corrected chi connectivity index (χ0v) is 21.5. The van der Waals surface area contributed by atoms with Crippen LogP contribution in [-0.2, 0) is 4.79 Å². The third-order valence-corrected chi connectivity index (χ3v) is 7.62. The van der Waals surface area contributed by atoms with E-state index in [0.29, 0.717) is 35.3 Å². The van der Waals surface area contributed by atoms with Gasteiger partial charge in [0.15, 0.2) is 0 Å². The number of anilines is 1. The minimum atomic E-state index is -0.681. The van der Waals surface area contributed by atoms with Gasteiger partial charge in [0, 0.05) is 17.7 Å². The zero-order valence-electron chi connectivity index (χ0n) is 21.5. The van der Waals surface area contributed by atoms with Crippen molar-refractivity contribution >= 4 is 28.8 Å². The van der Waals surface area contributed by atoms with Gasteiger partial charge >= 0.3 is 0 Å². The number of amides is 1. The van der Waals surface area contributed by atoms with Gasteiger partial charge in [-0.05, 0) is 72.0 Å². The molecule has 6 rings (SSSR count). The first-order valence-corrected chi connectivity index (χ1v) is 13.0. The fourth-order valence-corrected chi connectivity index (χ4v) is 5.78. The van der Waals surface area contributed by atoms with Gasteiger partial charge in [-0.25, -0.2) is 4.39 Å². The summed E-state index contributed by atoms with van der Waals surface area (Å²) in [5.74, 6) is -0.621. The van der Waals surface area contributed by atoms with Crippen molar-refractivity contribution in [1.82, 2.24) is 0 Å². The lowest BCUT2D eigenvalue weighted by Gasteiger charge is -2.39. The molecule has 1 saturated carbocycles. The van der Waals surface area contributed by atoms with Crippen molar-refractivity contribution in [2.24, 2.45) is 10.9 Å². The Morgan fingerprint density at radius 2 is 1.62 bits per heavy atom. The molecule has 0 N–H and O–H groups in total. The molecule has 4 aromatic rings. The number of nitrogens with zero attached hydrogens (tertiary/aromatic N) is 2. The van der Waals surface area contributed by atoms with Crippen molar-refractivity contribution in [3.05, 3.63) is 126 Å². The molecule has 3 unspecified atom stereocenters. The van der Waals surface area contributed by atoms with Crippen LogP contribution in [0.2, 0.25) is 0 Å². The molecule has 194 valence electrons. The molecular weight excluding hydrogens is 491 g/mol. The Labute approximate surface area is 226 Å². The van der Waals surface area contributed by atoms with Crippen LogP contribution >= 0.6 is 0 Å². The van der Waals surface area contributed by atoms with Crippen molar-refractivity contribution in [2.75, 3.05) is 12.0 Å². The van der Waals surface area contributed by atoms with E-state index in [1.165, 1.54) is 12.1 Å². The molecular formula is C33H27FN2O3. The number of carbonyl (C=O) groups excluding carboxylic acids is 2. The summed E-state index contributed by atoms with van der Waals surface area (Å²) in [6, 6.07) is 29.7. The van der Waals surface area contributed by atoms with E-state index >= 15 is 0 Å². The van der Waals surface area contributed by atoms with Crippen LogP contribution in [0.15, 0.2) is 108 Å². The quantitative estimate of drug-likeness (QED) is 0.290. The van der Waals surface area contributed by atoms with Crippen LogP contribution in [0, 0.1) is 11.7 Å². The summed E-state index contributed by atoms with van der Waals surface area (Å²) in [5, 5.41) is 0. The van der Waals surface area contributed by atoms with Crippen molar-refractivity contribution in [2.45, 2.75) is 24.8 Å². The molecule has 0 radical (unpaired) electrons. The number of methoxy groups -OCH3 is 1. The van der Waals surface area contributed by atoms with Gasteiger partial charge in [-0.15, -0.1) is 0 Å². The van der Waals surface area contributed by atoms with Gasteiger partial charge in [-0.1, -0.05) is 54.6 Å². The Hall–Kier alpha value is -4.58. The molecule has 1 fully saturated rings. The van der Waals surface area contributed by atoms with Crippen LogP contribution in [0.4, 0.5) is 15.8 Å². The summed E-state index contributed by atoms with van der Waals surface area (Å²) in [7, 11) is 1.62. The molecule has 1 aliphatic carbocycles. The van der Waals surface area contributed by atoms with Crippen LogP contribution in [0.3, 0.4) is 0 Å². The highest BCUT2D eigenvalue weighted by Crippen LogP contribution is 2.48. The summed E-state index contributed by atoms with van der Waals surface area (Å²) in [5.41, 5.74) is 4.17. The van der Waals surface area contributed by atoms with E-state index in [-0.39, 0.29) is 23.4 Å². The number of aliphatic imine (C=N–C) groups is 1. The first kappa shape index (κ1) is 24.7. The van der Waals surface area contributed by atoms with Crippen LogP contribution in [0.5, 0.6) is 5.75 Å². The molecule has 1 aliphatic heterocycles. The van der Waals surface area contributed by atoms with Gasteiger partial charge in [0.05, 0.1) is 30.4 Å². The van der Waals surface area contributed by atoms with Crippen molar-refractivity contribution in [1.29, 1.82) is 0 Å². The highest BCUT2D eigenvalue weighted by atomic mass is 19.1. The number of halogens is 1. The number of hydrogen-bond acceptors (Lipinski definition) is 4. The van der Waals surface area contributed by atoms with Crippen molar-refractivity contribution in [3.63, 3.8) is 0 Å². The van der Waals surface area contributed by atoms with Gasteiger partial charge in [0.2, 0.25) is 0 Å². The standard InChI is InChI=1S/C33H27FN2O3/c1-39-26-11-7-10-23(18-26)24-19-28-31(30(37)20-24)32(21-14-16-25(34)17-15-21)36(29-13-6-5-12-27(29)35-28)33(38)22-8-3-2-4-9-22/h2-18,24,31-32H,19-20H2,1H3. The number of benzene rings is 4. The maximum atomic E-state index is 14.2. The largest absolute Gasteiger partial charge is 0.497 e. The summed E-state index contributed by atoms with van der Waals surface area (Å²) < 4.78 is 19.4. The van der Waals surface area contributed by atoms with Crippen LogP contribution in [-0.4, -0.2) is 24.5 Å². The normalized spacial score (nSPS) is 20.4. The Kier molecular flexibility index (Phi) is 6.53. The van der Waals surface area contributed by atoms with Gasteiger partial charge in [-0.3, -0.25) is 19.5 Å². The van der Waals surface area contributed by atoms with E-state index in [0.717, 1.165) is 17.0 Å². The lowest BCUT2D eigenvalue weighted by molar-refractivity contribution is -0.122. The lowest BCUT2D eigenvalue weighted by Crippen LogP contribution is -2.45. The molecule has 1 heterocycles. The molecule has 39 heavy (non-hydrogen) atoms. The molecule has 5 nitrogen and oxygen atoms in total. The third-order valence-electron chi connectivity index (χ3n) is 7.62. The second-order valence-electron chi connectivity index (χ2n) is 9.96. The van der Waals surface area contributed by atoms with Gasteiger partial charge in [-0.2, -0.15) is 0 Å². The van der Waals surface area contributed by atoms with Crippen LogP contribution in [0.25, 0.3) is 0 Å². The number of ether oxygens (including phenoxy) is 1. The summed E-state index contributed by atoms with van der Waals surface area (Å²) in [6.45, 7) is 0. The minimum Gasteiger partial charge on any atom is -0.497 e. The zero-order chi connectivity index (χ0) is 26.9. The van der Waals surface area contributed by atoms with Crippen LogP contribution < -0.4 is 9.64 Å². The molecule has 4 aromatic carbocycles. The SMILES string of the molecule is COc1cccc(C2CC(=O)C3C(=Nc4ccccc4N(C(=O)c4ccccc4)C3c3ccc(F)cc3)C2)c1. The highest BCUT2D eigenvalue weighted by Gasteiger charge is 2.46. The Bertz CT molecular complexity index is 1570. The lowest BCUT2D eigenvalue weighted by atomic mass is 9.72. The summed E-state index contributed by atoms with van der Waals surface area (Å²) in [4.78, 5) is 35.0. The highest BCUT2D eigenvalue weighted by molar-refractivity contribution is 6.15. The molecule has 6 heteroatoms. The van der Waals surface area contributed by atoms with Crippen molar-refractivity contribution < 1.29 is 18.7 Å². The molecule has 0 saturated heterocycles. The fraction of sp³-hybridized carbons (Fsp3) is 0.182. The predicted octanol–water partition coefficient (Wildman–Crippen LogP) is 7.07. The van der Waals surface area contributed by atoms with E-state index < -0.39 is 12.0 Å². The van der Waals surface area contributed by atoms with Gasteiger partial charge in [0.25, 0.3) is 5.91 Å². The number of para-hydroxylation sites is 2. The molecule has 0 aromatic heterocycles. The average molecular weight is 519 g/mol. The number of Topliss-reactive ketones (excluding diaryl/α,β-unsaturated/α-hetero) is 1. The van der Waals surface area contributed by atoms with Crippen LogP contribution in [0.1, 0.15) is 46.3 Å². The van der Waals surface area contributed by atoms with Gasteiger partial charge in [0.1, 0.15) is 17.3 Å². The topological polar surface area (TPSA) is 59.0 Å². The predicted molar refractivity (Wildman–Crippen MR) is 149 cm³/mol. The maximum absolute atomic E-state index is 14.2. The monoisotopic (exact) mass is 518 g/mol. The minimum absolute atomic E-state index is 0.000752. The Morgan fingerprint density at radius 1 is 0.872 bits per heavy atom. The molecule has 2 aliphatic rings. The number of fused-ring (bicyclic) bond motifs is 2. The Morgan fingerprint density at radius 3 is 2.38 bits per heavy atom. The second-order valence-corrected chi connectivity index (χ2v) is 9.96. The van der Waals surface area contributed by atoms with E-state index in [9.17, 15) is 14.0 Å². The smallest absolute Gasteiger partial charge is 0.258 e. The van der Waals surface area contributed by atoms with E-state index in [1.807, 2.05) is 66.7 Å². The van der Waals surface area contributed by atoms with Gasteiger partial charge < -0.3 is 4.74 Å². The average Bonchev–Trinajstić information content (AvgIpc) is 3.12. The summed E-state index contributed by atoms with van der Waals surface area (Å²) in [6.07, 6.45) is 0.862. The molecule has 1 amide bonds. The first-order valence-electron chi connectivity index (χ1n) is 13.0. The first-order chi connectivity index (χ1) is 19.0. The maximum Gasteiger partial charge on any atom is 0.258 e. The molecule has 0 bridgehead atoms. The number of ketones is 1. The Balaban J connectivity index is 1.52. The van der Waals surface area contributed by atoms with Crippen molar-refractivity contribution in [3.8, 4) is 5.75 Å². The number of carbonyl (C=O) groups is 2. The summed E-state index contributed by atoms with van der Waals surface area (Å²) >= 11 is 0. The fourth-order valence-electron chi connectivity index (χ4n) is 5.78.